The third-order valence-corrected chi connectivity index (χ3v) is 3.24. The van der Waals surface area contributed by atoms with Crippen molar-refractivity contribution in [3.05, 3.63) is 69.8 Å². The fraction of sp³-hybridized carbons (Fsp3) is 0.118. The molecule has 0 bridgehead atoms. The summed E-state index contributed by atoms with van der Waals surface area (Å²) in [5.74, 6) is -1.27. The Balaban J connectivity index is 1.95. The van der Waals surface area contributed by atoms with E-state index in [1.165, 1.54) is 31.3 Å². The zero-order chi connectivity index (χ0) is 19.1. The standard InChI is InChI=1S/C17H15N3O6/c1-11(17(22)23)26-15-7-5-12(6-8-15)10-18-19-16(21)13-3-2-4-14(9-13)20(24)25/h2-11H,1H3,(H,19,21)(H,22,23)/b18-10-/t11-/m1/s1. The largest absolute Gasteiger partial charge is 0.479 e. The average Bonchev–Trinajstić information content (AvgIpc) is 2.63. The van der Waals surface area contributed by atoms with E-state index in [1.807, 2.05) is 0 Å². The first-order chi connectivity index (χ1) is 12.4. The van der Waals surface area contributed by atoms with Crippen molar-refractivity contribution in [2.75, 3.05) is 0 Å². The van der Waals surface area contributed by atoms with Gasteiger partial charge in [0.15, 0.2) is 6.10 Å². The molecule has 9 nitrogen and oxygen atoms in total. The second-order valence-corrected chi connectivity index (χ2v) is 5.17. The number of carbonyl (C=O) groups is 2. The molecule has 2 aromatic carbocycles. The molecule has 2 aromatic rings. The molecule has 0 spiro atoms. The predicted molar refractivity (Wildman–Crippen MR) is 92.3 cm³/mol. The summed E-state index contributed by atoms with van der Waals surface area (Å²) in [6.07, 6.45) is 0.406. The Bertz CT molecular complexity index is 848. The lowest BCUT2D eigenvalue weighted by Gasteiger charge is -2.09. The molecule has 0 heterocycles. The van der Waals surface area contributed by atoms with Crippen molar-refractivity contribution < 1.29 is 24.4 Å². The average molecular weight is 357 g/mol. The summed E-state index contributed by atoms with van der Waals surface area (Å²) >= 11 is 0. The Morgan fingerprint density at radius 3 is 2.58 bits per heavy atom. The molecular formula is C17H15N3O6. The van der Waals surface area contributed by atoms with Crippen LogP contribution in [0.3, 0.4) is 0 Å². The lowest BCUT2D eigenvalue weighted by molar-refractivity contribution is -0.384. The normalized spacial score (nSPS) is 11.7. The number of carbonyl (C=O) groups excluding carboxylic acids is 1. The monoisotopic (exact) mass is 357 g/mol. The van der Waals surface area contributed by atoms with E-state index < -0.39 is 22.9 Å². The van der Waals surface area contributed by atoms with Crippen LogP contribution in [0.5, 0.6) is 5.75 Å². The van der Waals surface area contributed by atoms with Crippen molar-refractivity contribution in [1.29, 1.82) is 0 Å². The maximum atomic E-state index is 11.9. The Morgan fingerprint density at radius 2 is 1.96 bits per heavy atom. The lowest BCUT2D eigenvalue weighted by Crippen LogP contribution is -2.22. The van der Waals surface area contributed by atoms with Crippen molar-refractivity contribution in [2.24, 2.45) is 5.10 Å². The van der Waals surface area contributed by atoms with Crippen LogP contribution in [0.4, 0.5) is 5.69 Å². The maximum absolute atomic E-state index is 11.9. The molecule has 0 fully saturated rings. The summed E-state index contributed by atoms with van der Waals surface area (Å²) in [5, 5.41) is 23.3. The predicted octanol–water partition coefficient (Wildman–Crippen LogP) is 2.21. The van der Waals surface area contributed by atoms with Crippen LogP contribution in [-0.2, 0) is 4.79 Å². The van der Waals surface area contributed by atoms with Gasteiger partial charge in [-0.05, 0) is 42.8 Å². The molecule has 0 unspecified atom stereocenters. The van der Waals surface area contributed by atoms with E-state index in [0.29, 0.717) is 11.3 Å². The quantitative estimate of drug-likeness (QED) is 0.444. The molecule has 26 heavy (non-hydrogen) atoms. The number of carboxylic acids is 1. The Morgan fingerprint density at radius 1 is 1.27 bits per heavy atom. The number of nitrogens with zero attached hydrogens (tertiary/aromatic N) is 2. The number of benzene rings is 2. The summed E-state index contributed by atoms with van der Waals surface area (Å²) in [5.41, 5.74) is 2.84. The van der Waals surface area contributed by atoms with Gasteiger partial charge in [0.2, 0.25) is 0 Å². The van der Waals surface area contributed by atoms with Gasteiger partial charge in [-0.25, -0.2) is 10.2 Å². The van der Waals surface area contributed by atoms with E-state index in [9.17, 15) is 19.7 Å². The molecule has 9 heteroatoms. The summed E-state index contributed by atoms with van der Waals surface area (Å²) in [4.78, 5) is 32.8. The number of nitrogens with one attached hydrogen (secondary N) is 1. The van der Waals surface area contributed by atoms with Gasteiger partial charge in [0.1, 0.15) is 5.75 Å². The van der Waals surface area contributed by atoms with Gasteiger partial charge in [0, 0.05) is 17.7 Å². The highest BCUT2D eigenvalue weighted by Crippen LogP contribution is 2.14. The Kier molecular flexibility index (Phi) is 5.99. The number of ether oxygens (including phenoxy) is 1. The first-order valence-electron chi connectivity index (χ1n) is 7.44. The lowest BCUT2D eigenvalue weighted by atomic mass is 10.2. The van der Waals surface area contributed by atoms with Crippen LogP contribution in [0, 0.1) is 10.1 Å². The zero-order valence-electron chi connectivity index (χ0n) is 13.7. The first-order valence-corrected chi connectivity index (χ1v) is 7.44. The van der Waals surface area contributed by atoms with Gasteiger partial charge in [-0.2, -0.15) is 5.10 Å². The molecule has 0 saturated carbocycles. The molecule has 2 N–H and O–H groups in total. The summed E-state index contributed by atoms with van der Waals surface area (Å²) in [6, 6.07) is 11.7. The van der Waals surface area contributed by atoms with Crippen LogP contribution in [0.1, 0.15) is 22.8 Å². The first kappa shape index (κ1) is 18.6. The van der Waals surface area contributed by atoms with Crippen molar-refractivity contribution in [1.82, 2.24) is 5.43 Å². The SMILES string of the molecule is C[C@@H](Oc1ccc(/C=N\NC(=O)c2cccc([N+](=O)[O-])c2)cc1)C(=O)O. The molecule has 0 saturated heterocycles. The highest BCUT2D eigenvalue weighted by Gasteiger charge is 2.12. The van der Waals surface area contributed by atoms with Crippen molar-refractivity contribution in [3.63, 3.8) is 0 Å². The second-order valence-electron chi connectivity index (χ2n) is 5.17. The van der Waals surface area contributed by atoms with Gasteiger partial charge in [-0.1, -0.05) is 6.07 Å². The van der Waals surface area contributed by atoms with Crippen molar-refractivity contribution in [3.8, 4) is 5.75 Å². The van der Waals surface area contributed by atoms with Crippen LogP contribution < -0.4 is 10.2 Å². The van der Waals surface area contributed by atoms with Gasteiger partial charge in [0.25, 0.3) is 11.6 Å². The number of hydrazone groups is 1. The summed E-state index contributed by atoms with van der Waals surface area (Å²) in [7, 11) is 0. The second kappa shape index (κ2) is 8.38. The molecule has 0 radical (unpaired) electrons. The minimum Gasteiger partial charge on any atom is -0.479 e. The minimum absolute atomic E-state index is 0.114. The number of rotatable bonds is 7. The third-order valence-electron chi connectivity index (χ3n) is 3.24. The molecule has 0 aliphatic carbocycles. The molecule has 0 aliphatic rings. The van der Waals surface area contributed by atoms with Crippen LogP contribution >= 0.6 is 0 Å². The number of aliphatic carboxylic acids is 1. The van der Waals surface area contributed by atoms with Gasteiger partial charge in [-0.15, -0.1) is 0 Å². The number of hydrogen-bond donors (Lipinski definition) is 2. The highest BCUT2D eigenvalue weighted by atomic mass is 16.6. The van der Waals surface area contributed by atoms with Gasteiger partial charge in [-0.3, -0.25) is 14.9 Å². The number of hydrogen-bond acceptors (Lipinski definition) is 6. The Labute approximate surface area is 148 Å². The van der Waals surface area contributed by atoms with Crippen LogP contribution in [0.15, 0.2) is 53.6 Å². The third kappa shape index (κ3) is 5.13. The summed E-state index contributed by atoms with van der Waals surface area (Å²) < 4.78 is 5.19. The fourth-order valence-corrected chi connectivity index (χ4v) is 1.88. The number of nitro benzene ring substituents is 1. The fourth-order valence-electron chi connectivity index (χ4n) is 1.88. The van der Waals surface area contributed by atoms with Gasteiger partial charge in [0.05, 0.1) is 11.1 Å². The molecular weight excluding hydrogens is 342 g/mol. The smallest absolute Gasteiger partial charge is 0.344 e. The highest BCUT2D eigenvalue weighted by molar-refractivity contribution is 5.95. The van der Waals surface area contributed by atoms with E-state index in [4.69, 9.17) is 9.84 Å². The number of carboxylic acid groups (broad SMARTS) is 1. The zero-order valence-corrected chi connectivity index (χ0v) is 13.7. The number of nitro groups is 1. The van der Waals surface area contributed by atoms with Crippen LogP contribution in [-0.4, -0.2) is 34.2 Å². The van der Waals surface area contributed by atoms with E-state index in [2.05, 4.69) is 10.5 Å². The molecule has 2 rings (SSSR count). The van der Waals surface area contributed by atoms with Gasteiger partial charge >= 0.3 is 5.97 Å². The molecule has 1 amide bonds. The van der Waals surface area contributed by atoms with Gasteiger partial charge < -0.3 is 9.84 Å². The van der Waals surface area contributed by atoms with E-state index in [0.717, 1.165) is 6.07 Å². The molecule has 0 aromatic heterocycles. The molecule has 0 aliphatic heterocycles. The van der Waals surface area contributed by atoms with E-state index in [-0.39, 0.29) is 11.3 Å². The minimum atomic E-state index is -1.07. The van der Waals surface area contributed by atoms with E-state index in [1.54, 1.807) is 24.3 Å². The Hall–Kier alpha value is -3.75. The topological polar surface area (TPSA) is 131 Å². The van der Waals surface area contributed by atoms with Crippen LogP contribution in [0.25, 0.3) is 0 Å². The van der Waals surface area contributed by atoms with Crippen LogP contribution in [0.2, 0.25) is 0 Å². The molecule has 1 atom stereocenters. The maximum Gasteiger partial charge on any atom is 0.344 e. The van der Waals surface area contributed by atoms with Crippen molar-refractivity contribution >= 4 is 23.8 Å². The molecule has 134 valence electrons. The summed E-state index contributed by atoms with van der Waals surface area (Å²) in [6.45, 7) is 1.42. The number of non-ortho nitro benzene ring substituents is 1. The van der Waals surface area contributed by atoms with Crippen molar-refractivity contribution in [2.45, 2.75) is 13.0 Å². The number of amides is 1. The van der Waals surface area contributed by atoms with E-state index >= 15 is 0 Å².